The molecule has 1 aromatic heterocycles. The molecule has 0 unspecified atom stereocenters. The number of imidazole rings is 1. The third kappa shape index (κ3) is 4.43. The number of rotatable bonds is 6. The Morgan fingerprint density at radius 2 is 1.84 bits per heavy atom. The number of non-ortho nitro benzene ring substituents is 1. The lowest BCUT2D eigenvalue weighted by atomic mass is 10.1. The van der Waals surface area contributed by atoms with Crippen LogP contribution >= 0.6 is 0 Å². The van der Waals surface area contributed by atoms with Crippen LogP contribution in [0.25, 0.3) is 28.5 Å². The van der Waals surface area contributed by atoms with Crippen molar-refractivity contribution >= 4 is 28.7 Å². The van der Waals surface area contributed by atoms with Gasteiger partial charge in [-0.15, -0.1) is 0 Å². The van der Waals surface area contributed by atoms with Crippen molar-refractivity contribution in [3.05, 3.63) is 100 Å². The average Bonchev–Trinajstić information content (AvgIpc) is 3.13. The monoisotopic (exact) mass is 414 g/mol. The molecule has 0 spiro atoms. The highest BCUT2D eigenvalue weighted by atomic mass is 16.6. The van der Waals surface area contributed by atoms with E-state index in [0.29, 0.717) is 17.6 Å². The van der Waals surface area contributed by atoms with Crippen molar-refractivity contribution in [1.82, 2.24) is 15.0 Å². The van der Waals surface area contributed by atoms with Crippen LogP contribution in [-0.2, 0) is 11.3 Å². The molecule has 4 rings (SSSR count). The molecule has 0 aliphatic heterocycles. The zero-order valence-electron chi connectivity index (χ0n) is 16.3. The third-order valence-corrected chi connectivity index (χ3v) is 4.73. The molecule has 31 heavy (non-hydrogen) atoms. The molecule has 0 saturated carbocycles. The van der Waals surface area contributed by atoms with Crippen LogP contribution in [0.1, 0.15) is 11.1 Å². The Balaban J connectivity index is 1.44. The number of carbonyl (C=O) groups excluding carboxylic acids is 1. The molecule has 3 aromatic carbocycles. The maximum atomic E-state index is 12.0. The van der Waals surface area contributed by atoms with Gasteiger partial charge in [0.2, 0.25) is 5.91 Å². The smallest absolute Gasteiger partial charge is 0.271 e. The topological polar surface area (TPSA) is 110 Å². The minimum Gasteiger partial charge on any atom is -0.426 e. The van der Waals surface area contributed by atoms with Crippen LogP contribution in [0.15, 0.2) is 78.9 Å². The Labute approximate surface area is 177 Å². The van der Waals surface area contributed by atoms with Crippen molar-refractivity contribution in [2.75, 3.05) is 0 Å². The molecule has 0 atom stereocenters. The van der Waals surface area contributed by atoms with E-state index in [0.717, 1.165) is 15.9 Å². The molecular weight excluding hydrogens is 396 g/mol. The Morgan fingerprint density at radius 3 is 2.55 bits per heavy atom. The van der Waals surface area contributed by atoms with Gasteiger partial charge in [-0.25, -0.2) is 4.98 Å². The Kier molecular flexibility index (Phi) is 5.44. The molecule has 0 radical (unpaired) electrons. The molecule has 154 valence electrons. The second-order valence-corrected chi connectivity index (χ2v) is 6.84. The Bertz CT molecular complexity index is 1280. The SMILES string of the molecule is O=C(C=Cc1ccccc1)NCc1ccc(-c2nc3ccc([N+](=O)[O-])cc3n2O)cc1. The summed E-state index contributed by atoms with van der Waals surface area (Å²) < 4.78 is 0.841. The number of nitrogens with one attached hydrogen (secondary N) is 1. The summed E-state index contributed by atoms with van der Waals surface area (Å²) in [6.45, 7) is 0.347. The molecule has 8 nitrogen and oxygen atoms in total. The molecular formula is C23H18N4O4. The van der Waals surface area contributed by atoms with E-state index in [1.807, 2.05) is 42.5 Å². The molecule has 4 aromatic rings. The van der Waals surface area contributed by atoms with Crippen molar-refractivity contribution in [2.45, 2.75) is 6.54 Å². The summed E-state index contributed by atoms with van der Waals surface area (Å²) in [5, 5.41) is 24.2. The number of nitrogens with zero attached hydrogens (tertiary/aromatic N) is 3. The number of nitro benzene ring substituents is 1. The molecule has 0 aliphatic rings. The molecule has 0 saturated heterocycles. The highest BCUT2D eigenvalue weighted by Gasteiger charge is 2.15. The number of carbonyl (C=O) groups is 1. The van der Waals surface area contributed by atoms with Gasteiger partial charge in [0.25, 0.3) is 5.69 Å². The first-order valence-corrected chi connectivity index (χ1v) is 9.48. The summed E-state index contributed by atoms with van der Waals surface area (Å²) in [5.41, 5.74) is 3.04. The van der Waals surface area contributed by atoms with Crippen molar-refractivity contribution in [3.8, 4) is 11.4 Å². The predicted octanol–water partition coefficient (Wildman–Crippen LogP) is 4.18. The van der Waals surface area contributed by atoms with Gasteiger partial charge in [-0.1, -0.05) is 54.6 Å². The maximum Gasteiger partial charge on any atom is 0.271 e. The van der Waals surface area contributed by atoms with Gasteiger partial charge < -0.3 is 10.5 Å². The molecule has 0 fully saturated rings. The van der Waals surface area contributed by atoms with Gasteiger partial charge in [0.05, 0.1) is 10.4 Å². The van der Waals surface area contributed by atoms with E-state index in [9.17, 15) is 20.1 Å². The van der Waals surface area contributed by atoms with Crippen LogP contribution in [0.5, 0.6) is 0 Å². The second-order valence-electron chi connectivity index (χ2n) is 6.84. The van der Waals surface area contributed by atoms with Gasteiger partial charge in [0.1, 0.15) is 5.52 Å². The van der Waals surface area contributed by atoms with Crippen LogP contribution in [-0.4, -0.2) is 25.8 Å². The standard InChI is InChI=1S/C23H18N4O4/c28-22(13-8-16-4-2-1-3-5-16)24-15-17-6-9-18(10-7-17)23-25-20-12-11-19(27(30)31)14-21(20)26(23)29/h1-14,29H,15H2,(H,24,28). The number of hydrogen-bond donors (Lipinski definition) is 2. The number of hydrogen-bond acceptors (Lipinski definition) is 5. The van der Waals surface area contributed by atoms with Crippen LogP contribution in [0.2, 0.25) is 0 Å². The summed E-state index contributed by atoms with van der Waals surface area (Å²) in [5.74, 6) is 0.0727. The largest absolute Gasteiger partial charge is 0.426 e. The fraction of sp³-hybridized carbons (Fsp3) is 0.0435. The summed E-state index contributed by atoms with van der Waals surface area (Å²) in [6, 6.07) is 20.8. The van der Waals surface area contributed by atoms with E-state index in [1.54, 1.807) is 18.2 Å². The van der Waals surface area contributed by atoms with E-state index < -0.39 is 4.92 Å². The number of aromatic nitrogens is 2. The fourth-order valence-electron chi connectivity index (χ4n) is 3.11. The number of fused-ring (bicyclic) bond motifs is 1. The van der Waals surface area contributed by atoms with Crippen molar-refractivity contribution in [2.24, 2.45) is 0 Å². The Morgan fingerprint density at radius 1 is 1.10 bits per heavy atom. The minimum atomic E-state index is -0.524. The minimum absolute atomic E-state index is 0.123. The van der Waals surface area contributed by atoms with E-state index >= 15 is 0 Å². The molecule has 1 heterocycles. The molecule has 2 N–H and O–H groups in total. The van der Waals surface area contributed by atoms with Gasteiger partial charge in [-0.3, -0.25) is 14.9 Å². The zero-order chi connectivity index (χ0) is 21.8. The molecule has 8 heteroatoms. The van der Waals surface area contributed by atoms with E-state index in [4.69, 9.17) is 0 Å². The van der Waals surface area contributed by atoms with E-state index in [2.05, 4.69) is 10.3 Å². The van der Waals surface area contributed by atoms with Gasteiger partial charge in [-0.05, 0) is 23.3 Å². The first-order chi connectivity index (χ1) is 15.0. The average molecular weight is 414 g/mol. The van der Waals surface area contributed by atoms with Gasteiger partial charge >= 0.3 is 0 Å². The summed E-state index contributed by atoms with van der Waals surface area (Å²) >= 11 is 0. The lowest BCUT2D eigenvalue weighted by molar-refractivity contribution is -0.384. The maximum absolute atomic E-state index is 12.0. The first-order valence-electron chi connectivity index (χ1n) is 9.48. The summed E-state index contributed by atoms with van der Waals surface area (Å²) in [7, 11) is 0. The molecule has 0 bridgehead atoms. The lowest BCUT2D eigenvalue weighted by Crippen LogP contribution is -2.20. The van der Waals surface area contributed by atoms with E-state index in [1.165, 1.54) is 24.3 Å². The van der Waals surface area contributed by atoms with Gasteiger partial charge in [-0.2, -0.15) is 4.73 Å². The number of nitro groups is 1. The van der Waals surface area contributed by atoms with Crippen molar-refractivity contribution < 1.29 is 14.9 Å². The third-order valence-electron chi connectivity index (χ3n) is 4.73. The Hall–Kier alpha value is -4.46. The fourth-order valence-corrected chi connectivity index (χ4v) is 3.11. The normalized spacial score (nSPS) is 11.1. The quantitative estimate of drug-likeness (QED) is 0.213. The summed E-state index contributed by atoms with van der Waals surface area (Å²) in [6.07, 6.45) is 3.23. The van der Waals surface area contributed by atoms with Crippen molar-refractivity contribution in [3.63, 3.8) is 0 Å². The number of amides is 1. The van der Waals surface area contributed by atoms with Crippen LogP contribution in [0.4, 0.5) is 5.69 Å². The predicted molar refractivity (Wildman–Crippen MR) is 116 cm³/mol. The number of benzene rings is 3. The zero-order valence-corrected chi connectivity index (χ0v) is 16.3. The molecule has 0 aliphatic carbocycles. The van der Waals surface area contributed by atoms with Gasteiger partial charge in [0, 0.05) is 30.3 Å². The van der Waals surface area contributed by atoms with Crippen molar-refractivity contribution in [1.29, 1.82) is 0 Å². The van der Waals surface area contributed by atoms with Gasteiger partial charge in [0.15, 0.2) is 5.82 Å². The summed E-state index contributed by atoms with van der Waals surface area (Å²) in [4.78, 5) is 26.8. The first kappa shape index (κ1) is 19.8. The van der Waals surface area contributed by atoms with Crippen LogP contribution < -0.4 is 5.32 Å². The highest BCUT2D eigenvalue weighted by molar-refractivity contribution is 5.91. The van der Waals surface area contributed by atoms with Crippen LogP contribution in [0, 0.1) is 10.1 Å². The second kappa shape index (κ2) is 8.50. The lowest BCUT2D eigenvalue weighted by Gasteiger charge is -2.05. The molecule has 1 amide bonds. The highest BCUT2D eigenvalue weighted by Crippen LogP contribution is 2.26. The van der Waals surface area contributed by atoms with Crippen LogP contribution in [0.3, 0.4) is 0 Å². The van der Waals surface area contributed by atoms with E-state index in [-0.39, 0.29) is 22.9 Å².